The third-order valence-corrected chi connectivity index (χ3v) is 7.20. The summed E-state index contributed by atoms with van der Waals surface area (Å²) in [4.78, 5) is 27.6. The zero-order valence-corrected chi connectivity index (χ0v) is 20.9. The Morgan fingerprint density at radius 1 is 1.22 bits per heavy atom. The number of alkyl halides is 1. The highest BCUT2D eigenvalue weighted by molar-refractivity contribution is 5.98. The standard InChI is InChI=1S/C28H33FN4O3/c1-3-21-15-19(2)24(16-25(21)32-27(35)31-18-23-5-4-14-36-23)26(34)33-12-10-28(29,11-13-33)22-8-6-20(17-30)7-9-22/h6-9,15-16,23H,3-5,10-14,18H2,1-2H3,(H2,31,32,35). The Balaban J connectivity index is 1.43. The van der Waals surface area contributed by atoms with Crippen molar-refractivity contribution >= 4 is 17.6 Å². The normalized spacial score (nSPS) is 18.9. The predicted octanol–water partition coefficient (Wildman–Crippen LogP) is 4.83. The summed E-state index contributed by atoms with van der Waals surface area (Å²) >= 11 is 0. The Bertz CT molecular complexity index is 1140. The second kappa shape index (κ2) is 11.1. The third-order valence-electron chi connectivity index (χ3n) is 7.20. The van der Waals surface area contributed by atoms with Crippen molar-refractivity contribution in [3.05, 3.63) is 64.2 Å². The summed E-state index contributed by atoms with van der Waals surface area (Å²) in [5.74, 6) is -0.167. The highest BCUT2D eigenvalue weighted by Crippen LogP contribution is 2.37. The SMILES string of the molecule is CCc1cc(C)c(C(=O)N2CCC(F)(c3ccc(C#N)cc3)CC2)cc1NC(=O)NCC1CCCO1. The Hall–Kier alpha value is -3.44. The van der Waals surface area contributed by atoms with Crippen LogP contribution >= 0.6 is 0 Å². The molecule has 2 N–H and O–H groups in total. The number of anilines is 1. The molecule has 2 aromatic carbocycles. The molecule has 7 nitrogen and oxygen atoms in total. The maximum Gasteiger partial charge on any atom is 0.319 e. The first-order valence-corrected chi connectivity index (χ1v) is 12.6. The molecule has 36 heavy (non-hydrogen) atoms. The van der Waals surface area contributed by atoms with Gasteiger partial charge in [-0.15, -0.1) is 0 Å². The molecule has 1 atom stereocenters. The summed E-state index contributed by atoms with van der Waals surface area (Å²) in [6, 6.07) is 12.0. The lowest BCUT2D eigenvalue weighted by Crippen LogP contribution is -2.43. The number of hydrogen-bond acceptors (Lipinski definition) is 4. The van der Waals surface area contributed by atoms with Crippen LogP contribution in [0.5, 0.6) is 0 Å². The molecule has 2 saturated heterocycles. The molecule has 1 unspecified atom stereocenters. The van der Waals surface area contributed by atoms with Crippen LogP contribution in [0, 0.1) is 18.3 Å². The van der Waals surface area contributed by atoms with Gasteiger partial charge in [0, 0.05) is 50.3 Å². The fourth-order valence-electron chi connectivity index (χ4n) is 4.95. The topological polar surface area (TPSA) is 94.5 Å². The van der Waals surface area contributed by atoms with Gasteiger partial charge in [0.15, 0.2) is 0 Å². The second-order valence-corrected chi connectivity index (χ2v) is 9.59. The second-order valence-electron chi connectivity index (χ2n) is 9.59. The number of hydrogen-bond donors (Lipinski definition) is 2. The van der Waals surface area contributed by atoms with Crippen molar-refractivity contribution in [2.45, 2.75) is 57.7 Å². The molecule has 8 heteroatoms. The van der Waals surface area contributed by atoms with Gasteiger partial charge in [-0.3, -0.25) is 4.79 Å². The number of nitriles is 1. The van der Waals surface area contributed by atoms with Gasteiger partial charge in [-0.05, 0) is 61.1 Å². The number of likely N-dealkylation sites (tertiary alicyclic amines) is 1. The number of urea groups is 1. The average molecular weight is 493 g/mol. The van der Waals surface area contributed by atoms with Crippen LogP contribution in [-0.4, -0.2) is 49.2 Å². The van der Waals surface area contributed by atoms with Crippen molar-refractivity contribution < 1.29 is 18.7 Å². The number of carbonyl (C=O) groups excluding carboxylic acids is 2. The number of rotatable bonds is 6. The van der Waals surface area contributed by atoms with Gasteiger partial charge < -0.3 is 20.3 Å². The van der Waals surface area contributed by atoms with E-state index in [1.807, 2.05) is 26.0 Å². The van der Waals surface area contributed by atoms with Crippen LogP contribution < -0.4 is 10.6 Å². The van der Waals surface area contributed by atoms with E-state index in [0.29, 0.717) is 35.3 Å². The van der Waals surface area contributed by atoms with E-state index in [1.54, 1.807) is 35.2 Å². The van der Waals surface area contributed by atoms with E-state index in [-0.39, 0.29) is 44.0 Å². The molecule has 0 radical (unpaired) electrons. The van der Waals surface area contributed by atoms with Gasteiger partial charge in [0.05, 0.1) is 17.7 Å². The molecule has 0 aliphatic carbocycles. The lowest BCUT2D eigenvalue weighted by atomic mass is 9.85. The summed E-state index contributed by atoms with van der Waals surface area (Å²) in [5, 5.41) is 14.7. The lowest BCUT2D eigenvalue weighted by molar-refractivity contribution is 0.0421. The van der Waals surface area contributed by atoms with Gasteiger partial charge in [-0.1, -0.05) is 25.1 Å². The Morgan fingerprint density at radius 2 is 1.94 bits per heavy atom. The molecule has 0 aromatic heterocycles. The summed E-state index contributed by atoms with van der Waals surface area (Å²) in [7, 11) is 0. The van der Waals surface area contributed by atoms with Gasteiger partial charge in [0.1, 0.15) is 5.67 Å². The van der Waals surface area contributed by atoms with Gasteiger partial charge in [-0.25, -0.2) is 9.18 Å². The zero-order chi connectivity index (χ0) is 25.7. The molecular weight excluding hydrogens is 459 g/mol. The summed E-state index contributed by atoms with van der Waals surface area (Å²) in [6.45, 7) is 5.63. The van der Waals surface area contributed by atoms with Crippen LogP contribution in [0.2, 0.25) is 0 Å². The minimum absolute atomic E-state index is 0.0440. The fourth-order valence-corrected chi connectivity index (χ4v) is 4.95. The minimum Gasteiger partial charge on any atom is -0.376 e. The lowest BCUT2D eigenvalue weighted by Gasteiger charge is -2.37. The molecule has 0 saturated carbocycles. The Labute approximate surface area is 211 Å². The van der Waals surface area contributed by atoms with Crippen molar-refractivity contribution in [1.29, 1.82) is 5.26 Å². The summed E-state index contributed by atoms with van der Waals surface area (Å²) < 4.78 is 21.2. The molecule has 4 rings (SSSR count). The number of ether oxygens (including phenoxy) is 1. The molecule has 2 heterocycles. The van der Waals surface area contributed by atoms with Gasteiger partial charge >= 0.3 is 6.03 Å². The molecule has 0 bridgehead atoms. The number of amides is 3. The molecule has 2 aromatic rings. The van der Waals surface area contributed by atoms with Crippen molar-refractivity contribution in [1.82, 2.24) is 10.2 Å². The largest absolute Gasteiger partial charge is 0.376 e. The Morgan fingerprint density at radius 3 is 2.56 bits per heavy atom. The van der Waals surface area contributed by atoms with Gasteiger partial charge in [0.2, 0.25) is 0 Å². The first-order chi connectivity index (χ1) is 17.3. The zero-order valence-electron chi connectivity index (χ0n) is 20.9. The number of halogens is 1. The van der Waals surface area contributed by atoms with Gasteiger partial charge in [0.25, 0.3) is 5.91 Å². The number of piperidine rings is 1. The van der Waals surface area contributed by atoms with Crippen molar-refractivity contribution in [2.75, 3.05) is 31.6 Å². The molecule has 190 valence electrons. The van der Waals surface area contributed by atoms with E-state index in [9.17, 15) is 9.59 Å². The van der Waals surface area contributed by atoms with E-state index in [2.05, 4.69) is 10.6 Å². The van der Waals surface area contributed by atoms with E-state index in [4.69, 9.17) is 10.00 Å². The highest BCUT2D eigenvalue weighted by atomic mass is 19.1. The highest BCUT2D eigenvalue weighted by Gasteiger charge is 2.38. The summed E-state index contributed by atoms with van der Waals surface area (Å²) in [6.07, 6.45) is 3.06. The van der Waals surface area contributed by atoms with Crippen molar-refractivity contribution in [3.8, 4) is 6.07 Å². The van der Waals surface area contributed by atoms with Crippen LogP contribution in [0.3, 0.4) is 0 Å². The van der Waals surface area contributed by atoms with E-state index in [1.165, 1.54) is 0 Å². The molecule has 0 spiro atoms. The van der Waals surface area contributed by atoms with Gasteiger partial charge in [-0.2, -0.15) is 5.26 Å². The van der Waals surface area contributed by atoms with Crippen LogP contribution in [0.25, 0.3) is 0 Å². The minimum atomic E-state index is -1.53. The van der Waals surface area contributed by atoms with Crippen molar-refractivity contribution in [2.24, 2.45) is 0 Å². The maximum absolute atomic E-state index is 15.7. The first-order valence-electron chi connectivity index (χ1n) is 12.6. The third kappa shape index (κ3) is 5.68. The molecule has 2 fully saturated rings. The van der Waals surface area contributed by atoms with E-state index in [0.717, 1.165) is 30.6 Å². The average Bonchev–Trinajstić information content (AvgIpc) is 3.42. The van der Waals surface area contributed by atoms with Crippen LogP contribution in [0.1, 0.15) is 65.2 Å². The van der Waals surface area contributed by atoms with Crippen LogP contribution in [-0.2, 0) is 16.8 Å². The summed E-state index contributed by atoms with van der Waals surface area (Å²) in [5.41, 5.74) is 2.38. The first kappa shape index (κ1) is 25.6. The van der Waals surface area contributed by atoms with E-state index >= 15 is 4.39 Å². The molecule has 2 aliphatic rings. The fraction of sp³-hybridized carbons (Fsp3) is 0.464. The Kier molecular flexibility index (Phi) is 7.90. The van der Waals surface area contributed by atoms with Crippen LogP contribution in [0.4, 0.5) is 14.9 Å². The molecule has 2 aliphatic heterocycles. The number of carbonyl (C=O) groups is 2. The van der Waals surface area contributed by atoms with E-state index < -0.39 is 5.67 Å². The predicted molar refractivity (Wildman–Crippen MR) is 136 cm³/mol. The van der Waals surface area contributed by atoms with Crippen molar-refractivity contribution in [3.63, 3.8) is 0 Å². The monoisotopic (exact) mass is 492 g/mol. The number of nitrogens with zero attached hydrogens (tertiary/aromatic N) is 2. The smallest absolute Gasteiger partial charge is 0.319 e. The maximum atomic E-state index is 15.7. The molecular formula is C28H33FN4O3. The number of aryl methyl sites for hydroxylation is 2. The van der Waals surface area contributed by atoms with Crippen LogP contribution in [0.15, 0.2) is 36.4 Å². The molecule has 3 amide bonds. The number of benzene rings is 2. The quantitative estimate of drug-likeness (QED) is 0.604. The number of nitrogens with one attached hydrogen (secondary N) is 2.